The van der Waals surface area contributed by atoms with Gasteiger partial charge in [-0.15, -0.1) is 0 Å². The van der Waals surface area contributed by atoms with Crippen molar-refractivity contribution in [1.82, 2.24) is 15.1 Å². The van der Waals surface area contributed by atoms with Gasteiger partial charge in [-0.05, 0) is 43.7 Å². The lowest BCUT2D eigenvalue weighted by Gasteiger charge is -2.26. The summed E-state index contributed by atoms with van der Waals surface area (Å²) in [6.07, 6.45) is 4.48. The Balaban J connectivity index is 1.61. The number of carbonyl (C=O) groups excluding carboxylic acids is 1. The fraction of sp³-hybridized carbons (Fsp3) is 0.474. The van der Waals surface area contributed by atoms with Gasteiger partial charge in [0.1, 0.15) is 12.4 Å². The van der Waals surface area contributed by atoms with Gasteiger partial charge in [0.2, 0.25) is 0 Å². The molecule has 1 amide bonds. The maximum absolute atomic E-state index is 12.7. The number of benzene rings is 1. The average molecular weight is 325 g/mol. The van der Waals surface area contributed by atoms with Crippen LogP contribution in [0.5, 0.6) is 5.75 Å². The molecule has 1 aromatic heterocycles. The van der Waals surface area contributed by atoms with Crippen molar-refractivity contribution >= 4 is 5.91 Å². The van der Waals surface area contributed by atoms with Crippen LogP contribution in [-0.2, 0) is 13.7 Å². The molecule has 1 N–H and O–H groups in total. The second kappa shape index (κ2) is 5.96. The van der Waals surface area contributed by atoms with Gasteiger partial charge in [0.25, 0.3) is 5.91 Å². The van der Waals surface area contributed by atoms with Crippen molar-refractivity contribution in [2.45, 2.75) is 45.3 Å². The van der Waals surface area contributed by atoms with E-state index >= 15 is 0 Å². The number of carbonyl (C=O) groups is 1. The molecule has 0 radical (unpaired) electrons. The van der Waals surface area contributed by atoms with Gasteiger partial charge in [-0.1, -0.05) is 19.1 Å². The Morgan fingerprint density at radius 3 is 2.79 bits per heavy atom. The summed E-state index contributed by atoms with van der Waals surface area (Å²) in [5, 5.41) is 7.67. The number of rotatable bonds is 2. The predicted molar refractivity (Wildman–Crippen MR) is 91.9 cm³/mol. The van der Waals surface area contributed by atoms with Gasteiger partial charge < -0.3 is 10.1 Å². The smallest absolute Gasteiger partial charge is 0.272 e. The van der Waals surface area contributed by atoms with Crippen LogP contribution >= 0.6 is 0 Å². The van der Waals surface area contributed by atoms with Crippen LogP contribution < -0.4 is 10.1 Å². The SMILES string of the molecule is CC1CCC(NC(=O)c2nn(C)c3c2COc2ccccc2-3)CC1. The van der Waals surface area contributed by atoms with E-state index in [2.05, 4.69) is 17.3 Å². The number of amides is 1. The predicted octanol–water partition coefficient (Wildman–Crippen LogP) is 3.29. The van der Waals surface area contributed by atoms with E-state index in [1.54, 1.807) is 4.68 Å². The number of hydrogen-bond acceptors (Lipinski definition) is 3. The van der Waals surface area contributed by atoms with E-state index in [0.717, 1.165) is 41.3 Å². The second-order valence-electron chi connectivity index (χ2n) is 7.01. The highest BCUT2D eigenvalue weighted by atomic mass is 16.5. The van der Waals surface area contributed by atoms with E-state index in [1.807, 2.05) is 31.3 Å². The minimum atomic E-state index is -0.0746. The Bertz CT molecular complexity index is 773. The lowest BCUT2D eigenvalue weighted by molar-refractivity contribution is 0.0914. The van der Waals surface area contributed by atoms with E-state index in [4.69, 9.17) is 4.74 Å². The van der Waals surface area contributed by atoms with Crippen molar-refractivity contribution in [3.8, 4) is 17.0 Å². The van der Waals surface area contributed by atoms with Crippen LogP contribution in [0.4, 0.5) is 0 Å². The molecule has 0 unspecified atom stereocenters. The number of nitrogens with one attached hydrogen (secondary N) is 1. The van der Waals surface area contributed by atoms with E-state index in [9.17, 15) is 4.79 Å². The molecule has 5 heteroatoms. The van der Waals surface area contributed by atoms with Gasteiger partial charge >= 0.3 is 0 Å². The highest BCUT2D eigenvalue weighted by Crippen LogP contribution is 2.38. The summed E-state index contributed by atoms with van der Waals surface area (Å²) < 4.78 is 7.62. The molecular formula is C19H23N3O2. The lowest BCUT2D eigenvalue weighted by Crippen LogP contribution is -2.38. The largest absolute Gasteiger partial charge is 0.488 e. The number of hydrogen-bond donors (Lipinski definition) is 1. The molecule has 2 aromatic rings. The molecule has 4 rings (SSSR count). The highest BCUT2D eigenvalue weighted by molar-refractivity contribution is 5.96. The molecule has 0 bridgehead atoms. The monoisotopic (exact) mass is 325 g/mol. The number of ether oxygens (including phenoxy) is 1. The second-order valence-corrected chi connectivity index (χ2v) is 7.01. The third-order valence-electron chi connectivity index (χ3n) is 5.23. The minimum absolute atomic E-state index is 0.0746. The molecular weight excluding hydrogens is 302 g/mol. The van der Waals surface area contributed by atoms with Crippen LogP contribution in [0.15, 0.2) is 24.3 Å². The van der Waals surface area contributed by atoms with Crippen molar-refractivity contribution in [2.75, 3.05) is 0 Å². The molecule has 2 aliphatic rings. The summed E-state index contributed by atoms with van der Waals surface area (Å²) in [4.78, 5) is 12.7. The van der Waals surface area contributed by atoms with E-state index in [0.29, 0.717) is 12.3 Å². The van der Waals surface area contributed by atoms with Crippen molar-refractivity contribution in [1.29, 1.82) is 0 Å². The fourth-order valence-electron chi connectivity index (χ4n) is 3.82. The lowest BCUT2D eigenvalue weighted by atomic mass is 9.87. The molecule has 1 aromatic carbocycles. The summed E-state index contributed by atoms with van der Waals surface area (Å²) >= 11 is 0. The molecule has 0 atom stereocenters. The first-order valence-corrected chi connectivity index (χ1v) is 8.72. The van der Waals surface area contributed by atoms with E-state index < -0.39 is 0 Å². The Labute approximate surface area is 142 Å². The molecule has 24 heavy (non-hydrogen) atoms. The maximum Gasteiger partial charge on any atom is 0.272 e. The number of nitrogens with zero attached hydrogens (tertiary/aromatic N) is 2. The van der Waals surface area contributed by atoms with Gasteiger partial charge in [-0.2, -0.15) is 5.10 Å². The Hall–Kier alpha value is -2.30. The molecule has 1 aliphatic heterocycles. The van der Waals surface area contributed by atoms with Gasteiger partial charge in [-0.25, -0.2) is 0 Å². The molecule has 2 heterocycles. The van der Waals surface area contributed by atoms with Crippen LogP contribution in [0.2, 0.25) is 0 Å². The Morgan fingerprint density at radius 1 is 1.25 bits per heavy atom. The summed E-state index contributed by atoms with van der Waals surface area (Å²) in [5.41, 5.74) is 3.37. The maximum atomic E-state index is 12.7. The van der Waals surface area contributed by atoms with E-state index in [1.165, 1.54) is 12.8 Å². The first kappa shape index (κ1) is 15.2. The molecule has 1 saturated carbocycles. The van der Waals surface area contributed by atoms with Crippen LogP contribution in [0.3, 0.4) is 0 Å². The standard InChI is InChI=1S/C19H23N3O2/c1-12-7-9-13(10-8-12)20-19(23)17-15-11-24-16-6-4-3-5-14(16)18(15)22(2)21-17/h3-6,12-13H,7-11H2,1-2H3,(H,20,23). The Kier molecular flexibility index (Phi) is 3.79. The van der Waals surface area contributed by atoms with Crippen LogP contribution in [-0.4, -0.2) is 21.7 Å². The fourth-order valence-corrected chi connectivity index (χ4v) is 3.82. The first-order valence-electron chi connectivity index (χ1n) is 8.72. The zero-order valence-corrected chi connectivity index (χ0v) is 14.2. The van der Waals surface area contributed by atoms with Crippen molar-refractivity contribution in [2.24, 2.45) is 13.0 Å². The number of para-hydroxylation sites is 1. The van der Waals surface area contributed by atoms with Gasteiger partial charge in [0.15, 0.2) is 5.69 Å². The van der Waals surface area contributed by atoms with Crippen LogP contribution in [0.1, 0.15) is 48.7 Å². The van der Waals surface area contributed by atoms with Gasteiger partial charge in [-0.3, -0.25) is 9.48 Å². The topological polar surface area (TPSA) is 56.2 Å². The van der Waals surface area contributed by atoms with Crippen molar-refractivity contribution < 1.29 is 9.53 Å². The van der Waals surface area contributed by atoms with E-state index in [-0.39, 0.29) is 11.9 Å². The zero-order chi connectivity index (χ0) is 16.7. The third kappa shape index (κ3) is 2.58. The van der Waals surface area contributed by atoms with Crippen LogP contribution in [0.25, 0.3) is 11.3 Å². The summed E-state index contributed by atoms with van der Waals surface area (Å²) in [5.74, 6) is 1.54. The normalized spacial score (nSPS) is 22.2. The molecule has 0 spiro atoms. The van der Waals surface area contributed by atoms with Crippen molar-refractivity contribution in [3.05, 3.63) is 35.5 Å². The van der Waals surface area contributed by atoms with Crippen LogP contribution in [0, 0.1) is 5.92 Å². The first-order chi connectivity index (χ1) is 11.6. The zero-order valence-electron chi connectivity index (χ0n) is 14.2. The molecule has 1 fully saturated rings. The summed E-state index contributed by atoms with van der Waals surface area (Å²) in [6, 6.07) is 8.17. The molecule has 1 aliphatic carbocycles. The van der Waals surface area contributed by atoms with Gasteiger partial charge in [0, 0.05) is 24.2 Å². The molecule has 5 nitrogen and oxygen atoms in total. The summed E-state index contributed by atoms with van der Waals surface area (Å²) in [6.45, 7) is 2.67. The molecule has 126 valence electrons. The highest BCUT2D eigenvalue weighted by Gasteiger charge is 2.29. The van der Waals surface area contributed by atoms with Gasteiger partial charge in [0.05, 0.1) is 5.69 Å². The minimum Gasteiger partial charge on any atom is -0.488 e. The van der Waals surface area contributed by atoms with Crippen molar-refractivity contribution in [3.63, 3.8) is 0 Å². The summed E-state index contributed by atoms with van der Waals surface area (Å²) in [7, 11) is 1.89. The number of aryl methyl sites for hydroxylation is 1. The average Bonchev–Trinajstić information content (AvgIpc) is 2.94. The number of aromatic nitrogens is 2. The molecule has 0 saturated heterocycles. The quantitative estimate of drug-likeness (QED) is 0.922. The third-order valence-corrected chi connectivity index (χ3v) is 5.23. The Morgan fingerprint density at radius 2 is 2.00 bits per heavy atom. The number of fused-ring (bicyclic) bond motifs is 3.